The van der Waals surface area contributed by atoms with Crippen LogP contribution in [0.3, 0.4) is 0 Å². The number of aliphatic hydroxyl groups excluding tert-OH is 1. The molecule has 0 aromatic rings. The lowest BCUT2D eigenvalue weighted by atomic mass is 9.81. The molecule has 0 aromatic heterocycles. The Morgan fingerprint density at radius 3 is 1.82 bits per heavy atom. The number of hydrogen-bond acceptors (Lipinski definition) is 1. The van der Waals surface area contributed by atoms with E-state index < -0.39 is 0 Å². The van der Waals surface area contributed by atoms with Crippen molar-refractivity contribution in [2.24, 2.45) is 17.8 Å². The molecule has 2 unspecified atom stereocenters. The highest BCUT2D eigenvalue weighted by Gasteiger charge is 2.18. The first-order valence-electron chi connectivity index (χ1n) is 4.78. The van der Waals surface area contributed by atoms with E-state index in [1.54, 1.807) is 0 Å². The van der Waals surface area contributed by atoms with Crippen molar-refractivity contribution in [3.63, 3.8) is 0 Å². The Hall–Kier alpha value is -0.0400. The first-order chi connectivity index (χ1) is 5.17. The van der Waals surface area contributed by atoms with Crippen molar-refractivity contribution in [3.8, 4) is 0 Å². The lowest BCUT2D eigenvalue weighted by Gasteiger charge is -2.25. The van der Waals surface area contributed by atoms with Crippen molar-refractivity contribution in [2.45, 2.75) is 40.5 Å². The average Bonchev–Trinajstić information content (AvgIpc) is 2.05. The van der Waals surface area contributed by atoms with Gasteiger partial charge in [0, 0.05) is 6.61 Å². The molecular weight excluding hydrogens is 136 g/mol. The minimum atomic E-state index is 0.331. The van der Waals surface area contributed by atoms with Gasteiger partial charge in [-0.2, -0.15) is 0 Å². The summed E-state index contributed by atoms with van der Waals surface area (Å²) in [5, 5.41) is 8.95. The molecule has 0 bridgehead atoms. The maximum absolute atomic E-state index is 8.95. The summed E-state index contributed by atoms with van der Waals surface area (Å²) >= 11 is 0. The Balaban J connectivity index is 3.86. The van der Waals surface area contributed by atoms with Gasteiger partial charge in [0.1, 0.15) is 0 Å². The van der Waals surface area contributed by atoms with Gasteiger partial charge < -0.3 is 5.11 Å². The molecular formula is C10H22O. The van der Waals surface area contributed by atoms with Crippen LogP contribution in [0.25, 0.3) is 0 Å². The van der Waals surface area contributed by atoms with Crippen LogP contribution in [-0.4, -0.2) is 11.7 Å². The van der Waals surface area contributed by atoms with Crippen LogP contribution in [0.1, 0.15) is 40.5 Å². The van der Waals surface area contributed by atoms with Crippen molar-refractivity contribution in [1.82, 2.24) is 0 Å². The largest absolute Gasteiger partial charge is 0.396 e. The predicted molar refractivity (Wildman–Crippen MR) is 49.5 cm³/mol. The van der Waals surface area contributed by atoms with E-state index in [-0.39, 0.29) is 0 Å². The Bertz CT molecular complexity index is 86.9. The molecule has 0 spiro atoms. The van der Waals surface area contributed by atoms with Gasteiger partial charge in [-0.3, -0.25) is 0 Å². The molecule has 1 N–H and O–H groups in total. The fraction of sp³-hybridized carbons (Fsp3) is 1.00. The second-order valence-corrected chi connectivity index (χ2v) is 3.60. The van der Waals surface area contributed by atoms with E-state index in [0.29, 0.717) is 18.4 Å². The summed E-state index contributed by atoms with van der Waals surface area (Å²) < 4.78 is 0. The zero-order valence-electron chi connectivity index (χ0n) is 8.30. The lowest BCUT2D eigenvalue weighted by Crippen LogP contribution is -2.20. The highest BCUT2D eigenvalue weighted by atomic mass is 16.3. The fourth-order valence-electron chi connectivity index (χ4n) is 1.66. The van der Waals surface area contributed by atoms with Gasteiger partial charge in [0.15, 0.2) is 0 Å². The minimum Gasteiger partial charge on any atom is -0.396 e. The molecule has 1 nitrogen and oxygen atoms in total. The van der Waals surface area contributed by atoms with E-state index in [4.69, 9.17) is 5.11 Å². The molecule has 0 amide bonds. The van der Waals surface area contributed by atoms with Crippen molar-refractivity contribution in [2.75, 3.05) is 6.61 Å². The standard InChI is InChI=1S/C10H22O/c1-5-10(6-2)9(4)8(3)7-11/h8-11H,5-7H2,1-4H3. The Labute approximate surface area is 70.8 Å². The molecule has 0 fully saturated rings. The topological polar surface area (TPSA) is 20.2 Å². The molecule has 0 rings (SSSR count). The summed E-state index contributed by atoms with van der Waals surface area (Å²) in [7, 11) is 0. The predicted octanol–water partition coefficient (Wildman–Crippen LogP) is 2.69. The van der Waals surface area contributed by atoms with Gasteiger partial charge in [0.05, 0.1) is 0 Å². The van der Waals surface area contributed by atoms with Crippen LogP contribution in [0.2, 0.25) is 0 Å². The molecule has 0 saturated carbocycles. The van der Waals surface area contributed by atoms with Crippen LogP contribution in [0.15, 0.2) is 0 Å². The summed E-state index contributed by atoms with van der Waals surface area (Å²) in [4.78, 5) is 0. The van der Waals surface area contributed by atoms with Crippen LogP contribution in [0.4, 0.5) is 0 Å². The molecule has 0 radical (unpaired) electrons. The molecule has 0 aromatic carbocycles. The molecule has 68 valence electrons. The number of rotatable bonds is 5. The smallest absolute Gasteiger partial charge is 0.0459 e. The van der Waals surface area contributed by atoms with Crippen LogP contribution < -0.4 is 0 Å². The maximum Gasteiger partial charge on any atom is 0.0459 e. The van der Waals surface area contributed by atoms with Crippen molar-refractivity contribution in [1.29, 1.82) is 0 Å². The second-order valence-electron chi connectivity index (χ2n) is 3.60. The summed E-state index contributed by atoms with van der Waals surface area (Å²) in [5.41, 5.74) is 0. The zero-order valence-corrected chi connectivity index (χ0v) is 8.30. The Kier molecular flexibility index (Phi) is 5.57. The molecule has 11 heavy (non-hydrogen) atoms. The maximum atomic E-state index is 8.95. The molecule has 0 aliphatic heterocycles. The lowest BCUT2D eigenvalue weighted by molar-refractivity contribution is 0.154. The summed E-state index contributed by atoms with van der Waals surface area (Å²) in [6, 6.07) is 0. The summed E-state index contributed by atoms with van der Waals surface area (Å²) in [6.45, 7) is 9.17. The first-order valence-corrected chi connectivity index (χ1v) is 4.78. The third-order valence-corrected chi connectivity index (χ3v) is 2.98. The zero-order chi connectivity index (χ0) is 8.85. The Morgan fingerprint density at radius 2 is 1.55 bits per heavy atom. The van der Waals surface area contributed by atoms with Gasteiger partial charge in [-0.05, 0) is 17.8 Å². The highest BCUT2D eigenvalue weighted by Crippen LogP contribution is 2.25. The van der Waals surface area contributed by atoms with Gasteiger partial charge in [-0.1, -0.05) is 40.5 Å². The van der Waals surface area contributed by atoms with E-state index in [0.717, 1.165) is 5.92 Å². The van der Waals surface area contributed by atoms with Crippen LogP contribution >= 0.6 is 0 Å². The molecule has 0 aliphatic carbocycles. The van der Waals surface area contributed by atoms with Crippen molar-refractivity contribution < 1.29 is 5.11 Å². The van der Waals surface area contributed by atoms with E-state index in [2.05, 4.69) is 27.7 Å². The van der Waals surface area contributed by atoms with Gasteiger partial charge >= 0.3 is 0 Å². The Morgan fingerprint density at radius 1 is 1.09 bits per heavy atom. The van der Waals surface area contributed by atoms with Gasteiger partial charge in [-0.15, -0.1) is 0 Å². The quantitative estimate of drug-likeness (QED) is 0.652. The van der Waals surface area contributed by atoms with Crippen LogP contribution in [-0.2, 0) is 0 Å². The summed E-state index contributed by atoms with van der Waals surface area (Å²) in [6.07, 6.45) is 2.48. The molecule has 0 aliphatic rings. The first kappa shape index (κ1) is 11.0. The molecule has 1 heteroatoms. The van der Waals surface area contributed by atoms with Gasteiger partial charge in [-0.25, -0.2) is 0 Å². The molecule has 0 saturated heterocycles. The van der Waals surface area contributed by atoms with E-state index in [1.807, 2.05) is 0 Å². The average molecular weight is 158 g/mol. The van der Waals surface area contributed by atoms with E-state index >= 15 is 0 Å². The monoisotopic (exact) mass is 158 g/mol. The van der Waals surface area contributed by atoms with Crippen molar-refractivity contribution in [3.05, 3.63) is 0 Å². The van der Waals surface area contributed by atoms with E-state index in [1.165, 1.54) is 12.8 Å². The second kappa shape index (κ2) is 5.59. The van der Waals surface area contributed by atoms with Gasteiger partial charge in [0.2, 0.25) is 0 Å². The third kappa shape index (κ3) is 3.24. The van der Waals surface area contributed by atoms with E-state index in [9.17, 15) is 0 Å². The van der Waals surface area contributed by atoms with Gasteiger partial charge in [0.25, 0.3) is 0 Å². The van der Waals surface area contributed by atoms with Crippen LogP contribution in [0.5, 0.6) is 0 Å². The minimum absolute atomic E-state index is 0.331. The molecule has 0 heterocycles. The fourth-order valence-corrected chi connectivity index (χ4v) is 1.66. The SMILES string of the molecule is CCC(CC)C(C)C(C)CO. The molecule has 2 atom stereocenters. The number of hydrogen-bond donors (Lipinski definition) is 1. The number of aliphatic hydroxyl groups is 1. The summed E-state index contributed by atoms with van der Waals surface area (Å²) in [5.74, 6) is 1.91. The normalized spacial score (nSPS) is 16.9. The highest BCUT2D eigenvalue weighted by molar-refractivity contribution is 4.68. The van der Waals surface area contributed by atoms with Crippen LogP contribution in [0, 0.1) is 17.8 Å². The van der Waals surface area contributed by atoms with Crippen molar-refractivity contribution >= 4 is 0 Å². The third-order valence-electron chi connectivity index (χ3n) is 2.98.